The summed E-state index contributed by atoms with van der Waals surface area (Å²) in [7, 11) is 0. The van der Waals surface area contributed by atoms with E-state index in [1.165, 1.54) is 18.2 Å². The van der Waals surface area contributed by atoms with E-state index in [-0.39, 0.29) is 5.78 Å². The van der Waals surface area contributed by atoms with E-state index in [9.17, 15) is 9.18 Å². The van der Waals surface area contributed by atoms with Crippen molar-refractivity contribution in [2.75, 3.05) is 6.54 Å². The Hall–Kier alpha value is -0.930. The van der Waals surface area contributed by atoms with E-state index < -0.39 is 11.4 Å². The largest absolute Gasteiger partial charge is 0.305 e. The van der Waals surface area contributed by atoms with E-state index in [1.807, 2.05) is 6.92 Å². The minimum atomic E-state index is -0.549. The molecule has 1 aromatic carbocycles. The van der Waals surface area contributed by atoms with Gasteiger partial charge in [-0.3, -0.25) is 4.79 Å². The van der Waals surface area contributed by atoms with Crippen molar-refractivity contribution < 1.29 is 9.18 Å². The molecule has 0 amide bonds. The van der Waals surface area contributed by atoms with Crippen LogP contribution in [-0.2, 0) is 0 Å². The van der Waals surface area contributed by atoms with Crippen molar-refractivity contribution in [2.24, 2.45) is 0 Å². The van der Waals surface area contributed by atoms with Crippen LogP contribution in [0.4, 0.5) is 4.39 Å². The third-order valence-corrected chi connectivity index (χ3v) is 3.86. The number of halogens is 2. The lowest BCUT2D eigenvalue weighted by Crippen LogP contribution is -2.47. The molecular weight excluding hydrogens is 253 g/mol. The Labute approximate surface area is 112 Å². The highest BCUT2D eigenvalue weighted by molar-refractivity contribution is 6.34. The molecule has 4 heteroatoms. The molecule has 1 atom stereocenters. The smallest absolute Gasteiger partial charge is 0.184 e. The number of nitrogens with one attached hydrogen (secondary N) is 1. The first-order valence-electron chi connectivity index (χ1n) is 6.34. The van der Waals surface area contributed by atoms with E-state index in [2.05, 4.69) is 5.32 Å². The van der Waals surface area contributed by atoms with Gasteiger partial charge in [0.15, 0.2) is 5.78 Å². The van der Waals surface area contributed by atoms with Crippen LogP contribution >= 0.6 is 11.6 Å². The highest BCUT2D eigenvalue weighted by atomic mass is 35.5. The average Bonchev–Trinajstić information content (AvgIpc) is 2.82. The predicted molar refractivity (Wildman–Crippen MR) is 70.6 cm³/mol. The standard InChI is InChI=1S/C14H17ClFNO/c1-2-6-14(7-3-8-17-14)13(18)11-9-10(16)4-5-12(11)15/h4-5,9,17H,2-3,6-8H2,1H3. The maximum absolute atomic E-state index is 13.3. The summed E-state index contributed by atoms with van der Waals surface area (Å²) in [5.41, 5.74) is -0.258. The lowest BCUT2D eigenvalue weighted by molar-refractivity contribution is 0.0857. The Bertz CT molecular complexity index is 455. The maximum Gasteiger partial charge on any atom is 0.184 e. The van der Waals surface area contributed by atoms with Gasteiger partial charge in [-0.05, 0) is 44.0 Å². The zero-order chi connectivity index (χ0) is 13.2. The number of ketones is 1. The van der Waals surface area contributed by atoms with Crippen molar-refractivity contribution in [3.63, 3.8) is 0 Å². The fourth-order valence-electron chi connectivity index (χ4n) is 2.68. The Morgan fingerprint density at radius 1 is 1.56 bits per heavy atom. The second kappa shape index (κ2) is 5.37. The molecule has 1 N–H and O–H groups in total. The molecule has 1 saturated heterocycles. The van der Waals surface area contributed by atoms with Crippen LogP contribution in [-0.4, -0.2) is 17.9 Å². The normalized spacial score (nSPS) is 23.3. The fraction of sp³-hybridized carbons (Fsp3) is 0.500. The average molecular weight is 270 g/mol. The monoisotopic (exact) mass is 269 g/mol. The second-order valence-corrected chi connectivity index (χ2v) is 5.22. The molecule has 0 bridgehead atoms. The van der Waals surface area contributed by atoms with E-state index >= 15 is 0 Å². The molecule has 2 rings (SSSR count). The molecular formula is C14H17ClFNO. The van der Waals surface area contributed by atoms with Gasteiger partial charge in [-0.2, -0.15) is 0 Å². The first-order chi connectivity index (χ1) is 8.59. The van der Waals surface area contributed by atoms with Crippen LogP contribution in [0.5, 0.6) is 0 Å². The van der Waals surface area contributed by atoms with E-state index in [4.69, 9.17) is 11.6 Å². The van der Waals surface area contributed by atoms with Crippen molar-refractivity contribution in [3.8, 4) is 0 Å². The number of hydrogen-bond donors (Lipinski definition) is 1. The van der Waals surface area contributed by atoms with Crippen LogP contribution in [0.2, 0.25) is 5.02 Å². The fourth-order valence-corrected chi connectivity index (χ4v) is 2.89. The molecule has 18 heavy (non-hydrogen) atoms. The predicted octanol–water partition coefficient (Wildman–Crippen LogP) is 3.58. The van der Waals surface area contributed by atoms with Crippen LogP contribution in [0.1, 0.15) is 43.0 Å². The second-order valence-electron chi connectivity index (χ2n) is 4.82. The molecule has 0 spiro atoms. The number of hydrogen-bond acceptors (Lipinski definition) is 2. The van der Waals surface area contributed by atoms with Crippen LogP contribution < -0.4 is 5.32 Å². The van der Waals surface area contributed by atoms with Crippen LogP contribution in [0, 0.1) is 5.82 Å². The third kappa shape index (κ3) is 2.43. The van der Waals surface area contributed by atoms with Crippen LogP contribution in [0.25, 0.3) is 0 Å². The van der Waals surface area contributed by atoms with Gasteiger partial charge in [0, 0.05) is 5.56 Å². The van der Waals surface area contributed by atoms with Gasteiger partial charge in [-0.15, -0.1) is 0 Å². The van der Waals surface area contributed by atoms with Gasteiger partial charge in [0.2, 0.25) is 0 Å². The molecule has 98 valence electrons. The molecule has 1 fully saturated rings. The lowest BCUT2D eigenvalue weighted by Gasteiger charge is -2.28. The summed E-state index contributed by atoms with van der Waals surface area (Å²) in [5, 5.41) is 3.61. The van der Waals surface area contributed by atoms with Gasteiger partial charge in [0.25, 0.3) is 0 Å². The van der Waals surface area contributed by atoms with Crippen molar-refractivity contribution in [1.82, 2.24) is 5.32 Å². The number of carbonyl (C=O) groups excluding carboxylic acids is 1. The molecule has 0 radical (unpaired) electrons. The van der Waals surface area contributed by atoms with E-state index in [1.54, 1.807) is 0 Å². The van der Waals surface area contributed by atoms with Gasteiger partial charge >= 0.3 is 0 Å². The van der Waals surface area contributed by atoms with Gasteiger partial charge in [-0.1, -0.05) is 24.9 Å². The van der Waals surface area contributed by atoms with Gasteiger partial charge < -0.3 is 5.32 Å². The first-order valence-corrected chi connectivity index (χ1v) is 6.72. The SMILES string of the molecule is CCCC1(C(=O)c2cc(F)ccc2Cl)CCCN1. The first kappa shape index (κ1) is 13.5. The maximum atomic E-state index is 13.3. The Morgan fingerprint density at radius 3 is 2.94 bits per heavy atom. The molecule has 1 aromatic rings. The van der Waals surface area contributed by atoms with Crippen LogP contribution in [0.3, 0.4) is 0 Å². The number of rotatable bonds is 4. The molecule has 0 saturated carbocycles. The quantitative estimate of drug-likeness (QED) is 0.847. The van der Waals surface area contributed by atoms with Crippen molar-refractivity contribution in [2.45, 2.75) is 38.1 Å². The topological polar surface area (TPSA) is 29.1 Å². The molecule has 1 aliphatic heterocycles. The van der Waals surface area contributed by atoms with Gasteiger partial charge in [0.05, 0.1) is 10.6 Å². The Balaban J connectivity index is 2.36. The minimum Gasteiger partial charge on any atom is -0.305 e. The van der Waals surface area contributed by atoms with Gasteiger partial charge in [-0.25, -0.2) is 4.39 Å². The zero-order valence-corrected chi connectivity index (χ0v) is 11.2. The van der Waals surface area contributed by atoms with Crippen molar-refractivity contribution in [1.29, 1.82) is 0 Å². The van der Waals surface area contributed by atoms with Crippen molar-refractivity contribution >= 4 is 17.4 Å². The van der Waals surface area contributed by atoms with Crippen LogP contribution in [0.15, 0.2) is 18.2 Å². The minimum absolute atomic E-state index is 0.0775. The number of carbonyl (C=O) groups is 1. The molecule has 0 aromatic heterocycles. The summed E-state index contributed by atoms with van der Waals surface area (Å²) < 4.78 is 13.3. The third-order valence-electron chi connectivity index (χ3n) is 3.53. The van der Waals surface area contributed by atoms with Gasteiger partial charge in [0.1, 0.15) is 5.82 Å². The summed E-state index contributed by atoms with van der Waals surface area (Å²) in [4.78, 5) is 12.6. The Kier molecular flexibility index (Phi) is 4.03. The van der Waals surface area contributed by atoms with E-state index in [0.717, 1.165) is 32.2 Å². The molecule has 1 heterocycles. The summed E-state index contributed by atoms with van der Waals surface area (Å²) in [6, 6.07) is 3.95. The molecule has 2 nitrogen and oxygen atoms in total. The summed E-state index contributed by atoms with van der Waals surface area (Å²) in [6.07, 6.45) is 3.44. The lowest BCUT2D eigenvalue weighted by atomic mass is 9.84. The molecule has 1 aliphatic rings. The molecule has 1 unspecified atom stereocenters. The van der Waals surface area contributed by atoms with E-state index in [0.29, 0.717) is 10.6 Å². The molecule has 0 aliphatic carbocycles. The summed E-state index contributed by atoms with van der Waals surface area (Å²) in [6.45, 7) is 2.88. The summed E-state index contributed by atoms with van der Waals surface area (Å²) >= 11 is 6.02. The summed E-state index contributed by atoms with van der Waals surface area (Å²) in [5.74, 6) is -0.501. The number of Topliss-reactive ketones (excluding diaryl/α,β-unsaturated/α-hetero) is 1. The highest BCUT2D eigenvalue weighted by Crippen LogP contribution is 2.31. The highest BCUT2D eigenvalue weighted by Gasteiger charge is 2.40. The van der Waals surface area contributed by atoms with Crippen molar-refractivity contribution in [3.05, 3.63) is 34.6 Å². The Morgan fingerprint density at radius 2 is 2.33 bits per heavy atom. The zero-order valence-electron chi connectivity index (χ0n) is 10.4. The number of benzene rings is 1.